The molecule has 0 aliphatic carbocycles. The average molecular weight is 264 g/mol. The lowest BCUT2D eigenvalue weighted by atomic mass is 10.1. The van der Waals surface area contributed by atoms with Gasteiger partial charge in [0.15, 0.2) is 0 Å². The van der Waals surface area contributed by atoms with E-state index in [-0.39, 0.29) is 5.75 Å². The normalized spacial score (nSPS) is 11.8. The Morgan fingerprint density at radius 3 is 2.78 bits per heavy atom. The smallest absolute Gasteiger partial charge is 0.148 e. The number of nitrogens with one attached hydrogen (secondary N) is 1. The minimum absolute atomic E-state index is 0.163. The Bertz CT molecular complexity index is 633. The molecule has 2 aromatic rings. The summed E-state index contributed by atoms with van der Waals surface area (Å²) in [6.45, 7) is 1.12. The lowest BCUT2D eigenvalue weighted by molar-refractivity contribution is 0.596. The van der Waals surface area contributed by atoms with Crippen molar-refractivity contribution in [1.82, 2.24) is 10.3 Å². The van der Waals surface area contributed by atoms with E-state index in [4.69, 9.17) is 0 Å². The van der Waals surface area contributed by atoms with Crippen LogP contribution in [0.2, 0.25) is 0 Å². The fourth-order valence-electron chi connectivity index (χ4n) is 1.79. The van der Waals surface area contributed by atoms with Crippen LogP contribution >= 0.6 is 0 Å². The Balaban J connectivity index is 2.04. The van der Waals surface area contributed by atoms with Crippen molar-refractivity contribution in [3.63, 3.8) is 0 Å². The van der Waals surface area contributed by atoms with Crippen LogP contribution < -0.4 is 5.32 Å². The molecule has 0 amide bonds. The number of benzene rings is 1. The molecule has 1 heterocycles. The van der Waals surface area contributed by atoms with Gasteiger partial charge in [0.05, 0.1) is 11.3 Å². The van der Waals surface area contributed by atoms with Crippen LogP contribution in [0.3, 0.4) is 0 Å². The van der Waals surface area contributed by atoms with Crippen molar-refractivity contribution in [3.8, 4) is 0 Å². The molecule has 0 saturated heterocycles. The van der Waals surface area contributed by atoms with E-state index in [0.717, 1.165) is 16.5 Å². The minimum Gasteiger partial charge on any atom is -0.312 e. The van der Waals surface area contributed by atoms with Gasteiger partial charge in [-0.05, 0) is 17.7 Å². The van der Waals surface area contributed by atoms with Gasteiger partial charge >= 0.3 is 0 Å². The molecule has 0 saturated carbocycles. The fourth-order valence-corrected chi connectivity index (χ4v) is 2.30. The van der Waals surface area contributed by atoms with Crippen LogP contribution in [0.25, 0.3) is 10.9 Å². The van der Waals surface area contributed by atoms with Gasteiger partial charge in [-0.25, -0.2) is 8.42 Å². The van der Waals surface area contributed by atoms with Gasteiger partial charge in [-0.1, -0.05) is 18.2 Å². The number of aromatic nitrogens is 1. The zero-order valence-electron chi connectivity index (χ0n) is 10.3. The first-order valence-electron chi connectivity index (χ1n) is 5.77. The zero-order chi connectivity index (χ0) is 13.0. The molecule has 96 valence electrons. The molecule has 0 bridgehead atoms. The molecule has 0 fully saturated rings. The number of sulfone groups is 1. The summed E-state index contributed by atoms with van der Waals surface area (Å²) >= 11 is 0. The number of rotatable bonds is 5. The molecule has 2 rings (SSSR count). The number of fused-ring (bicyclic) bond motifs is 1. The van der Waals surface area contributed by atoms with Crippen molar-refractivity contribution in [2.75, 3.05) is 18.6 Å². The van der Waals surface area contributed by atoms with E-state index in [1.807, 2.05) is 30.3 Å². The lowest BCUT2D eigenvalue weighted by Gasteiger charge is -2.07. The minimum atomic E-state index is -2.90. The molecule has 0 aliphatic rings. The summed E-state index contributed by atoms with van der Waals surface area (Å²) in [5.41, 5.74) is 2.09. The Kier molecular flexibility index (Phi) is 3.93. The molecule has 0 atom stereocenters. The highest BCUT2D eigenvalue weighted by Gasteiger charge is 2.03. The third kappa shape index (κ3) is 3.51. The van der Waals surface area contributed by atoms with Crippen molar-refractivity contribution < 1.29 is 8.42 Å². The van der Waals surface area contributed by atoms with Gasteiger partial charge in [-0.15, -0.1) is 0 Å². The summed E-state index contributed by atoms with van der Waals surface area (Å²) in [6.07, 6.45) is 3.02. The van der Waals surface area contributed by atoms with E-state index in [9.17, 15) is 8.42 Å². The van der Waals surface area contributed by atoms with Gasteiger partial charge < -0.3 is 5.32 Å². The third-order valence-electron chi connectivity index (χ3n) is 2.70. The maximum atomic E-state index is 11.0. The highest BCUT2D eigenvalue weighted by molar-refractivity contribution is 7.90. The third-order valence-corrected chi connectivity index (χ3v) is 3.65. The Labute approximate surface area is 107 Å². The Morgan fingerprint density at radius 2 is 2.00 bits per heavy atom. The highest BCUT2D eigenvalue weighted by Crippen LogP contribution is 2.15. The standard InChI is InChI=1S/C13H16N2O2S/c1-18(16,17)9-8-14-10-11-6-7-15-13-5-3-2-4-12(11)13/h2-7,14H,8-10H2,1H3. The molecule has 1 aromatic carbocycles. The van der Waals surface area contributed by atoms with Crippen LogP contribution in [-0.2, 0) is 16.4 Å². The molecule has 0 aliphatic heterocycles. The van der Waals surface area contributed by atoms with Crippen molar-refractivity contribution in [1.29, 1.82) is 0 Å². The SMILES string of the molecule is CS(=O)(=O)CCNCc1ccnc2ccccc12. The molecule has 4 nitrogen and oxygen atoms in total. The Hall–Kier alpha value is -1.46. The molecule has 0 radical (unpaired) electrons. The molecule has 0 spiro atoms. The number of para-hydroxylation sites is 1. The molecular formula is C13H16N2O2S. The number of hydrogen-bond donors (Lipinski definition) is 1. The lowest BCUT2D eigenvalue weighted by Crippen LogP contribution is -2.22. The predicted molar refractivity (Wildman–Crippen MR) is 73.2 cm³/mol. The molecule has 1 aromatic heterocycles. The van der Waals surface area contributed by atoms with E-state index in [2.05, 4.69) is 10.3 Å². The van der Waals surface area contributed by atoms with E-state index >= 15 is 0 Å². The summed E-state index contributed by atoms with van der Waals surface area (Å²) in [6, 6.07) is 9.88. The van der Waals surface area contributed by atoms with Crippen molar-refractivity contribution in [3.05, 3.63) is 42.1 Å². The second kappa shape index (κ2) is 5.46. The van der Waals surface area contributed by atoms with Crippen LogP contribution in [0.15, 0.2) is 36.5 Å². The number of nitrogens with zero attached hydrogens (tertiary/aromatic N) is 1. The predicted octanol–water partition coefficient (Wildman–Crippen LogP) is 1.37. The van der Waals surface area contributed by atoms with E-state index in [1.165, 1.54) is 6.26 Å². The van der Waals surface area contributed by atoms with Crippen LogP contribution in [0.4, 0.5) is 0 Å². The first kappa shape index (κ1) is 13.0. The van der Waals surface area contributed by atoms with Gasteiger partial charge in [0, 0.05) is 30.9 Å². The zero-order valence-corrected chi connectivity index (χ0v) is 11.1. The molecule has 1 N–H and O–H groups in total. The number of pyridine rings is 1. The molecular weight excluding hydrogens is 248 g/mol. The van der Waals surface area contributed by atoms with Crippen LogP contribution in [0.5, 0.6) is 0 Å². The topological polar surface area (TPSA) is 59.1 Å². The Morgan fingerprint density at radius 1 is 1.22 bits per heavy atom. The van der Waals surface area contributed by atoms with Crippen molar-refractivity contribution >= 4 is 20.7 Å². The first-order chi connectivity index (χ1) is 8.56. The second-order valence-corrected chi connectivity index (χ2v) is 6.55. The molecule has 0 unspecified atom stereocenters. The van der Waals surface area contributed by atoms with Gasteiger partial charge in [0.25, 0.3) is 0 Å². The summed E-state index contributed by atoms with van der Waals surface area (Å²) in [5, 5.41) is 4.25. The second-order valence-electron chi connectivity index (χ2n) is 4.29. The first-order valence-corrected chi connectivity index (χ1v) is 7.83. The maximum Gasteiger partial charge on any atom is 0.148 e. The van der Waals surface area contributed by atoms with E-state index in [1.54, 1.807) is 6.20 Å². The van der Waals surface area contributed by atoms with Crippen LogP contribution in [-0.4, -0.2) is 32.0 Å². The number of hydrogen-bond acceptors (Lipinski definition) is 4. The highest BCUT2D eigenvalue weighted by atomic mass is 32.2. The largest absolute Gasteiger partial charge is 0.312 e. The van der Waals surface area contributed by atoms with E-state index < -0.39 is 9.84 Å². The van der Waals surface area contributed by atoms with Gasteiger partial charge in [0.1, 0.15) is 9.84 Å². The molecule has 5 heteroatoms. The van der Waals surface area contributed by atoms with Gasteiger partial charge in [0.2, 0.25) is 0 Å². The van der Waals surface area contributed by atoms with Crippen molar-refractivity contribution in [2.45, 2.75) is 6.54 Å². The summed E-state index contributed by atoms with van der Waals surface area (Å²) in [5.74, 6) is 0.163. The van der Waals surface area contributed by atoms with Crippen LogP contribution in [0.1, 0.15) is 5.56 Å². The fraction of sp³-hybridized carbons (Fsp3) is 0.308. The molecule has 18 heavy (non-hydrogen) atoms. The monoisotopic (exact) mass is 264 g/mol. The van der Waals surface area contributed by atoms with E-state index in [0.29, 0.717) is 13.1 Å². The van der Waals surface area contributed by atoms with Gasteiger partial charge in [-0.2, -0.15) is 0 Å². The maximum absolute atomic E-state index is 11.0. The average Bonchev–Trinajstić information content (AvgIpc) is 2.33. The van der Waals surface area contributed by atoms with Gasteiger partial charge in [-0.3, -0.25) is 4.98 Å². The summed E-state index contributed by atoms with van der Waals surface area (Å²) in [7, 11) is -2.90. The summed E-state index contributed by atoms with van der Waals surface area (Å²) < 4.78 is 22.0. The quantitative estimate of drug-likeness (QED) is 0.829. The van der Waals surface area contributed by atoms with Crippen LogP contribution in [0, 0.1) is 0 Å². The summed E-state index contributed by atoms with van der Waals surface area (Å²) in [4.78, 5) is 4.29. The van der Waals surface area contributed by atoms with Crippen molar-refractivity contribution in [2.24, 2.45) is 0 Å².